The predicted molar refractivity (Wildman–Crippen MR) is 114 cm³/mol. The van der Waals surface area contributed by atoms with Gasteiger partial charge >= 0.3 is 5.97 Å². The van der Waals surface area contributed by atoms with Crippen LogP contribution in [0.5, 0.6) is 5.75 Å². The fourth-order valence-electron chi connectivity index (χ4n) is 3.01. The number of carbonyl (C=O) groups is 1. The van der Waals surface area contributed by atoms with Crippen molar-refractivity contribution in [3.8, 4) is 5.75 Å². The lowest BCUT2D eigenvalue weighted by Crippen LogP contribution is -2.45. The second kappa shape index (κ2) is 10.0. The SMILES string of the molecule is COCCOC(=O)C1=C(C)NC(=S)N[C@@H]1c1ccc(OCc2ccccc2)cc1. The van der Waals surface area contributed by atoms with Crippen LogP contribution in [0, 0.1) is 0 Å². The van der Waals surface area contributed by atoms with Gasteiger partial charge in [0, 0.05) is 12.8 Å². The zero-order valence-electron chi connectivity index (χ0n) is 16.4. The molecule has 0 fully saturated rings. The molecule has 7 heteroatoms. The van der Waals surface area contributed by atoms with Crippen LogP contribution in [-0.2, 0) is 20.9 Å². The van der Waals surface area contributed by atoms with Gasteiger partial charge in [-0.15, -0.1) is 0 Å². The predicted octanol–water partition coefficient (Wildman–Crippen LogP) is 3.25. The number of allylic oxidation sites excluding steroid dienone is 1. The van der Waals surface area contributed by atoms with Gasteiger partial charge in [-0.25, -0.2) is 4.79 Å². The molecule has 2 N–H and O–H groups in total. The minimum absolute atomic E-state index is 0.190. The zero-order chi connectivity index (χ0) is 20.6. The highest BCUT2D eigenvalue weighted by atomic mass is 32.1. The topological polar surface area (TPSA) is 68.8 Å². The van der Waals surface area contributed by atoms with Crippen LogP contribution < -0.4 is 15.4 Å². The van der Waals surface area contributed by atoms with Gasteiger partial charge in [0.05, 0.1) is 18.2 Å². The Kier molecular flexibility index (Phi) is 7.21. The third kappa shape index (κ3) is 5.56. The third-order valence-electron chi connectivity index (χ3n) is 4.47. The van der Waals surface area contributed by atoms with Gasteiger partial charge in [-0.05, 0) is 42.4 Å². The van der Waals surface area contributed by atoms with Gasteiger partial charge in [-0.3, -0.25) is 0 Å². The van der Waals surface area contributed by atoms with Gasteiger partial charge < -0.3 is 24.8 Å². The second-order valence-corrected chi connectivity index (χ2v) is 6.95. The standard InChI is InChI=1S/C22H24N2O4S/c1-15-19(21(25)27-13-12-26-2)20(24-22(29)23-15)17-8-10-18(11-9-17)28-14-16-6-4-3-5-7-16/h3-11,20H,12-14H2,1-2H3,(H2,23,24,29)/t20-/m1/s1. The molecule has 0 saturated carbocycles. The van der Waals surface area contributed by atoms with Crippen molar-refractivity contribution < 1.29 is 19.0 Å². The first-order chi connectivity index (χ1) is 14.1. The van der Waals surface area contributed by atoms with Crippen molar-refractivity contribution in [1.29, 1.82) is 0 Å². The first-order valence-corrected chi connectivity index (χ1v) is 9.70. The molecule has 1 atom stereocenters. The quantitative estimate of drug-likeness (QED) is 0.392. The molecule has 2 aromatic rings. The van der Waals surface area contributed by atoms with Gasteiger partial charge in [0.2, 0.25) is 0 Å². The molecule has 2 aromatic carbocycles. The van der Waals surface area contributed by atoms with E-state index in [1.54, 1.807) is 7.11 Å². The summed E-state index contributed by atoms with van der Waals surface area (Å²) in [5, 5.41) is 6.61. The Morgan fingerprint density at radius 2 is 1.79 bits per heavy atom. The molecule has 1 aliphatic rings. The molecule has 0 unspecified atom stereocenters. The van der Waals surface area contributed by atoms with Crippen molar-refractivity contribution in [1.82, 2.24) is 10.6 Å². The molecule has 1 heterocycles. The van der Waals surface area contributed by atoms with E-state index in [0.717, 1.165) is 16.9 Å². The van der Waals surface area contributed by atoms with Crippen LogP contribution in [0.4, 0.5) is 0 Å². The van der Waals surface area contributed by atoms with E-state index in [9.17, 15) is 4.79 Å². The summed E-state index contributed by atoms with van der Waals surface area (Å²) in [5.41, 5.74) is 3.15. The van der Waals surface area contributed by atoms with E-state index in [-0.39, 0.29) is 6.61 Å². The number of rotatable bonds is 8. The smallest absolute Gasteiger partial charge is 0.338 e. The average Bonchev–Trinajstić information content (AvgIpc) is 2.73. The number of ether oxygens (including phenoxy) is 3. The zero-order valence-corrected chi connectivity index (χ0v) is 17.3. The van der Waals surface area contributed by atoms with Crippen molar-refractivity contribution in [3.63, 3.8) is 0 Å². The highest BCUT2D eigenvalue weighted by molar-refractivity contribution is 7.80. The first-order valence-electron chi connectivity index (χ1n) is 9.29. The summed E-state index contributed by atoms with van der Waals surface area (Å²) in [7, 11) is 1.56. The lowest BCUT2D eigenvalue weighted by molar-refractivity contribution is -0.140. The maximum atomic E-state index is 12.6. The van der Waals surface area contributed by atoms with E-state index in [1.807, 2.05) is 61.5 Å². The molecule has 29 heavy (non-hydrogen) atoms. The summed E-state index contributed by atoms with van der Waals surface area (Å²) in [6, 6.07) is 17.2. The van der Waals surface area contributed by atoms with E-state index >= 15 is 0 Å². The third-order valence-corrected chi connectivity index (χ3v) is 4.69. The molecule has 0 amide bonds. The van der Waals surface area contributed by atoms with Crippen LogP contribution in [-0.4, -0.2) is 31.4 Å². The van der Waals surface area contributed by atoms with Gasteiger partial charge in [-0.1, -0.05) is 42.5 Å². The first kappa shape index (κ1) is 20.8. The lowest BCUT2D eigenvalue weighted by atomic mass is 9.95. The highest BCUT2D eigenvalue weighted by Gasteiger charge is 2.30. The van der Waals surface area contributed by atoms with E-state index in [0.29, 0.717) is 29.6 Å². The maximum Gasteiger partial charge on any atom is 0.338 e. The number of carbonyl (C=O) groups excluding carboxylic acids is 1. The van der Waals surface area contributed by atoms with Crippen LogP contribution in [0.3, 0.4) is 0 Å². The summed E-state index contributed by atoms with van der Waals surface area (Å²) >= 11 is 5.27. The Hall–Kier alpha value is -2.90. The van der Waals surface area contributed by atoms with Crippen LogP contribution in [0.25, 0.3) is 0 Å². The fraction of sp³-hybridized carbons (Fsp3) is 0.273. The lowest BCUT2D eigenvalue weighted by Gasteiger charge is -2.30. The highest BCUT2D eigenvalue weighted by Crippen LogP contribution is 2.29. The molecule has 0 bridgehead atoms. The molecular formula is C22H24N2O4S. The second-order valence-electron chi connectivity index (χ2n) is 6.54. The normalized spacial score (nSPS) is 16.1. The molecular weight excluding hydrogens is 388 g/mol. The van der Waals surface area contributed by atoms with Crippen molar-refractivity contribution in [2.45, 2.75) is 19.6 Å². The molecule has 6 nitrogen and oxygen atoms in total. The molecule has 0 aliphatic carbocycles. The van der Waals surface area contributed by atoms with E-state index in [2.05, 4.69) is 10.6 Å². The molecule has 3 rings (SSSR count). The van der Waals surface area contributed by atoms with Crippen LogP contribution in [0.2, 0.25) is 0 Å². The molecule has 1 aliphatic heterocycles. The summed E-state index contributed by atoms with van der Waals surface area (Å²) in [6.45, 7) is 2.83. The number of benzene rings is 2. The van der Waals surface area contributed by atoms with Crippen molar-refractivity contribution in [2.24, 2.45) is 0 Å². The summed E-state index contributed by atoms with van der Waals surface area (Å²) < 4.78 is 16.1. The van der Waals surface area contributed by atoms with Gasteiger partial charge in [-0.2, -0.15) is 0 Å². The minimum Gasteiger partial charge on any atom is -0.489 e. The Bertz CT molecular complexity index is 881. The number of thiocarbonyl (C=S) groups is 1. The number of methoxy groups -OCH3 is 1. The Morgan fingerprint density at radius 3 is 2.48 bits per heavy atom. The number of hydrogen-bond donors (Lipinski definition) is 2. The molecule has 0 aromatic heterocycles. The van der Waals surface area contributed by atoms with Crippen LogP contribution in [0.15, 0.2) is 65.9 Å². The van der Waals surface area contributed by atoms with E-state index in [4.69, 9.17) is 26.4 Å². The minimum atomic E-state index is -0.406. The van der Waals surface area contributed by atoms with E-state index in [1.165, 1.54) is 0 Å². The van der Waals surface area contributed by atoms with Crippen LogP contribution >= 0.6 is 12.2 Å². The Labute approximate surface area is 175 Å². The van der Waals surface area contributed by atoms with Crippen molar-refractivity contribution in [2.75, 3.05) is 20.3 Å². The monoisotopic (exact) mass is 412 g/mol. The fourth-order valence-corrected chi connectivity index (χ4v) is 3.28. The molecule has 0 radical (unpaired) electrons. The van der Waals surface area contributed by atoms with Crippen molar-refractivity contribution in [3.05, 3.63) is 77.0 Å². The molecule has 0 spiro atoms. The maximum absolute atomic E-state index is 12.6. The van der Waals surface area contributed by atoms with E-state index < -0.39 is 12.0 Å². The summed E-state index contributed by atoms with van der Waals surface area (Å²) in [6.07, 6.45) is 0. The average molecular weight is 413 g/mol. The van der Waals surface area contributed by atoms with Gasteiger partial charge in [0.25, 0.3) is 0 Å². The van der Waals surface area contributed by atoms with Gasteiger partial charge in [0.15, 0.2) is 5.11 Å². The summed E-state index contributed by atoms with van der Waals surface area (Å²) in [5.74, 6) is 0.343. The number of nitrogens with one attached hydrogen (secondary N) is 2. The Morgan fingerprint density at radius 1 is 1.07 bits per heavy atom. The Balaban J connectivity index is 1.73. The van der Waals surface area contributed by atoms with Crippen molar-refractivity contribution >= 4 is 23.3 Å². The van der Waals surface area contributed by atoms with Gasteiger partial charge in [0.1, 0.15) is 19.0 Å². The molecule has 0 saturated heterocycles. The number of hydrogen-bond acceptors (Lipinski definition) is 5. The van der Waals surface area contributed by atoms with Crippen LogP contribution in [0.1, 0.15) is 24.1 Å². The number of esters is 1. The molecule has 152 valence electrons. The summed E-state index contributed by atoms with van der Waals surface area (Å²) in [4.78, 5) is 12.6. The largest absolute Gasteiger partial charge is 0.489 e.